The maximum atomic E-state index is 12.5. The van der Waals surface area contributed by atoms with Gasteiger partial charge in [0.15, 0.2) is 0 Å². The predicted molar refractivity (Wildman–Crippen MR) is 94.1 cm³/mol. The first kappa shape index (κ1) is 17.4. The van der Waals surface area contributed by atoms with E-state index in [1.807, 2.05) is 18.2 Å². The molecule has 1 aromatic rings. The van der Waals surface area contributed by atoms with Crippen LogP contribution in [0.5, 0.6) is 0 Å². The first-order chi connectivity index (χ1) is 11.5. The van der Waals surface area contributed by atoms with Gasteiger partial charge in [-0.1, -0.05) is 30.3 Å². The van der Waals surface area contributed by atoms with Crippen molar-refractivity contribution in [3.05, 3.63) is 35.9 Å². The van der Waals surface area contributed by atoms with Crippen molar-refractivity contribution >= 4 is 15.9 Å². The van der Waals surface area contributed by atoms with Crippen LogP contribution in [0.3, 0.4) is 0 Å². The average Bonchev–Trinajstić information content (AvgIpc) is 3.42. The SMILES string of the molecule is CCS(=O)(=O)N1CCC(C(=O)NCC2(c3ccccc3)CC2)CC1. The van der Waals surface area contributed by atoms with Gasteiger partial charge in [-0.3, -0.25) is 4.79 Å². The van der Waals surface area contributed by atoms with Crippen molar-refractivity contribution in [2.75, 3.05) is 25.4 Å². The lowest BCUT2D eigenvalue weighted by molar-refractivity contribution is -0.126. The summed E-state index contributed by atoms with van der Waals surface area (Å²) in [7, 11) is -3.13. The molecule has 0 spiro atoms. The van der Waals surface area contributed by atoms with Crippen molar-refractivity contribution < 1.29 is 13.2 Å². The Morgan fingerprint density at radius 2 is 1.83 bits per heavy atom. The predicted octanol–water partition coefficient (Wildman–Crippen LogP) is 1.90. The van der Waals surface area contributed by atoms with E-state index in [0.717, 1.165) is 12.8 Å². The summed E-state index contributed by atoms with van der Waals surface area (Å²) in [5, 5.41) is 3.11. The summed E-state index contributed by atoms with van der Waals surface area (Å²) in [6.07, 6.45) is 3.46. The monoisotopic (exact) mass is 350 g/mol. The van der Waals surface area contributed by atoms with Crippen LogP contribution in [0.15, 0.2) is 30.3 Å². The van der Waals surface area contributed by atoms with Gasteiger partial charge in [-0.05, 0) is 38.2 Å². The van der Waals surface area contributed by atoms with E-state index < -0.39 is 10.0 Å². The van der Waals surface area contributed by atoms with Gasteiger partial charge in [0.1, 0.15) is 0 Å². The van der Waals surface area contributed by atoms with Crippen molar-refractivity contribution in [3.8, 4) is 0 Å². The van der Waals surface area contributed by atoms with Crippen LogP contribution in [0.4, 0.5) is 0 Å². The van der Waals surface area contributed by atoms with Crippen LogP contribution in [0.2, 0.25) is 0 Å². The zero-order chi connectivity index (χ0) is 17.2. The minimum absolute atomic E-state index is 0.0696. The number of carbonyl (C=O) groups is 1. The molecule has 1 saturated carbocycles. The van der Waals surface area contributed by atoms with Crippen molar-refractivity contribution in [3.63, 3.8) is 0 Å². The van der Waals surface area contributed by atoms with Gasteiger partial charge in [0, 0.05) is 31.0 Å². The number of carbonyl (C=O) groups excluding carboxylic acids is 1. The van der Waals surface area contributed by atoms with Crippen molar-refractivity contribution in [2.45, 2.75) is 38.0 Å². The highest BCUT2D eigenvalue weighted by Crippen LogP contribution is 2.47. The summed E-state index contributed by atoms with van der Waals surface area (Å²) < 4.78 is 25.3. The number of hydrogen-bond donors (Lipinski definition) is 1. The van der Waals surface area contributed by atoms with Crippen LogP contribution < -0.4 is 5.32 Å². The molecule has 1 aliphatic carbocycles. The lowest BCUT2D eigenvalue weighted by Crippen LogP contribution is -2.44. The zero-order valence-corrected chi connectivity index (χ0v) is 15.0. The van der Waals surface area contributed by atoms with Gasteiger partial charge >= 0.3 is 0 Å². The van der Waals surface area contributed by atoms with E-state index in [2.05, 4.69) is 17.4 Å². The minimum atomic E-state index is -3.13. The molecule has 2 fully saturated rings. The first-order valence-electron chi connectivity index (χ1n) is 8.78. The van der Waals surface area contributed by atoms with E-state index in [1.54, 1.807) is 6.92 Å². The molecule has 2 aliphatic rings. The fraction of sp³-hybridized carbons (Fsp3) is 0.611. The summed E-state index contributed by atoms with van der Waals surface area (Å²) in [6.45, 7) is 3.26. The Bertz CT molecular complexity index is 675. The minimum Gasteiger partial charge on any atom is -0.355 e. The summed E-state index contributed by atoms with van der Waals surface area (Å²) in [4.78, 5) is 12.5. The number of sulfonamides is 1. The fourth-order valence-electron chi connectivity index (χ4n) is 3.49. The molecule has 0 aromatic heterocycles. The van der Waals surface area contributed by atoms with Gasteiger partial charge in [-0.15, -0.1) is 0 Å². The van der Waals surface area contributed by atoms with Crippen LogP contribution in [0, 0.1) is 5.92 Å². The van der Waals surface area contributed by atoms with E-state index >= 15 is 0 Å². The normalized spacial score (nSPS) is 21.4. The highest BCUT2D eigenvalue weighted by atomic mass is 32.2. The quantitative estimate of drug-likeness (QED) is 0.852. The van der Waals surface area contributed by atoms with Gasteiger partial charge in [0.05, 0.1) is 5.75 Å². The average molecular weight is 350 g/mol. The van der Waals surface area contributed by atoms with Crippen LogP contribution in [-0.2, 0) is 20.2 Å². The molecule has 0 atom stereocenters. The molecule has 132 valence electrons. The molecule has 3 rings (SSSR count). The van der Waals surface area contributed by atoms with Crippen molar-refractivity contribution in [1.82, 2.24) is 9.62 Å². The highest BCUT2D eigenvalue weighted by molar-refractivity contribution is 7.89. The van der Waals surface area contributed by atoms with Crippen LogP contribution in [-0.4, -0.2) is 44.0 Å². The molecule has 5 nitrogen and oxygen atoms in total. The molecule has 1 saturated heterocycles. The smallest absolute Gasteiger partial charge is 0.223 e. The Kier molecular flexibility index (Phi) is 4.97. The summed E-state index contributed by atoms with van der Waals surface area (Å²) in [6, 6.07) is 10.4. The van der Waals surface area contributed by atoms with E-state index in [9.17, 15) is 13.2 Å². The van der Waals surface area contributed by atoms with Gasteiger partial charge in [-0.2, -0.15) is 0 Å². The summed E-state index contributed by atoms with van der Waals surface area (Å²) in [5.74, 6) is 0.134. The number of rotatable bonds is 6. The van der Waals surface area contributed by atoms with Gasteiger partial charge in [0.2, 0.25) is 15.9 Å². The van der Waals surface area contributed by atoms with Crippen molar-refractivity contribution in [1.29, 1.82) is 0 Å². The number of nitrogens with one attached hydrogen (secondary N) is 1. The summed E-state index contributed by atoms with van der Waals surface area (Å²) in [5.41, 5.74) is 1.41. The fourth-order valence-corrected chi connectivity index (χ4v) is 4.62. The Labute approximate surface area is 144 Å². The topological polar surface area (TPSA) is 66.5 Å². The van der Waals surface area contributed by atoms with E-state index in [0.29, 0.717) is 32.5 Å². The third-order valence-electron chi connectivity index (χ3n) is 5.42. The molecule has 1 N–H and O–H groups in total. The van der Waals surface area contributed by atoms with Crippen LogP contribution in [0.1, 0.15) is 38.2 Å². The second kappa shape index (κ2) is 6.84. The van der Waals surface area contributed by atoms with E-state index in [4.69, 9.17) is 0 Å². The van der Waals surface area contributed by atoms with Crippen molar-refractivity contribution in [2.24, 2.45) is 5.92 Å². The molecular formula is C18H26N2O3S. The number of benzene rings is 1. The standard InChI is InChI=1S/C18H26N2O3S/c1-2-24(22,23)20-12-8-15(9-13-20)17(21)19-14-18(10-11-18)16-6-4-3-5-7-16/h3-7,15H,2,8-14H2,1H3,(H,19,21). The molecule has 1 heterocycles. The van der Waals surface area contributed by atoms with Crippen LogP contribution >= 0.6 is 0 Å². The molecule has 6 heteroatoms. The second-order valence-corrected chi connectivity index (χ2v) is 9.20. The lowest BCUT2D eigenvalue weighted by Gasteiger charge is -2.30. The highest BCUT2D eigenvalue weighted by Gasteiger charge is 2.44. The van der Waals surface area contributed by atoms with E-state index in [-0.39, 0.29) is 23.0 Å². The second-order valence-electron chi connectivity index (χ2n) is 6.94. The Morgan fingerprint density at radius 1 is 1.21 bits per heavy atom. The maximum Gasteiger partial charge on any atom is 0.223 e. The number of nitrogens with zero attached hydrogens (tertiary/aromatic N) is 1. The van der Waals surface area contributed by atoms with E-state index in [1.165, 1.54) is 9.87 Å². The zero-order valence-electron chi connectivity index (χ0n) is 14.2. The molecule has 0 bridgehead atoms. The maximum absolute atomic E-state index is 12.5. The van der Waals surface area contributed by atoms with Gasteiger partial charge < -0.3 is 5.32 Å². The Balaban J connectivity index is 1.51. The molecule has 0 unspecified atom stereocenters. The molecule has 0 radical (unpaired) electrons. The van der Waals surface area contributed by atoms with Gasteiger partial charge in [0.25, 0.3) is 0 Å². The lowest BCUT2D eigenvalue weighted by atomic mass is 9.94. The van der Waals surface area contributed by atoms with Crippen LogP contribution in [0.25, 0.3) is 0 Å². The Hall–Kier alpha value is -1.40. The number of hydrogen-bond acceptors (Lipinski definition) is 3. The third-order valence-corrected chi connectivity index (χ3v) is 7.31. The molecule has 1 amide bonds. The molecular weight excluding hydrogens is 324 g/mol. The Morgan fingerprint density at radius 3 is 2.38 bits per heavy atom. The number of amides is 1. The largest absolute Gasteiger partial charge is 0.355 e. The number of piperidine rings is 1. The van der Waals surface area contributed by atoms with Gasteiger partial charge in [-0.25, -0.2) is 12.7 Å². The molecule has 1 aliphatic heterocycles. The molecule has 24 heavy (non-hydrogen) atoms. The third kappa shape index (κ3) is 3.64. The molecule has 1 aromatic carbocycles. The first-order valence-corrected chi connectivity index (χ1v) is 10.4. The summed E-state index contributed by atoms with van der Waals surface area (Å²) >= 11 is 0.